The standard InChI is InChI=1S/C17H19BrN2S/c1-2-8-19-10-13-11-20(12-17-15(18)7-9-21-17)16-6-4-3-5-14(13)16/h3-7,9,11,19H,2,8,10,12H2,1H3. The van der Waals surface area contributed by atoms with Crippen LogP contribution in [0.5, 0.6) is 0 Å². The third kappa shape index (κ3) is 3.23. The molecule has 0 aliphatic carbocycles. The third-order valence-corrected chi connectivity index (χ3v) is 5.53. The summed E-state index contributed by atoms with van der Waals surface area (Å²) in [5, 5.41) is 7.00. The summed E-state index contributed by atoms with van der Waals surface area (Å²) in [6.45, 7) is 5.13. The molecule has 110 valence electrons. The second kappa shape index (κ2) is 6.77. The van der Waals surface area contributed by atoms with Gasteiger partial charge in [-0.1, -0.05) is 25.1 Å². The number of hydrogen-bond donors (Lipinski definition) is 1. The summed E-state index contributed by atoms with van der Waals surface area (Å²) in [7, 11) is 0. The SMILES string of the molecule is CCCNCc1cn(Cc2sccc2Br)c2ccccc12. The van der Waals surface area contributed by atoms with Gasteiger partial charge in [-0.15, -0.1) is 11.3 Å². The van der Waals surface area contributed by atoms with Crippen molar-refractivity contribution in [1.82, 2.24) is 9.88 Å². The van der Waals surface area contributed by atoms with Crippen molar-refractivity contribution in [3.63, 3.8) is 0 Å². The Hall–Kier alpha value is -1.10. The Morgan fingerprint density at radius 3 is 2.86 bits per heavy atom. The van der Waals surface area contributed by atoms with Crippen LogP contribution in [0.1, 0.15) is 23.8 Å². The van der Waals surface area contributed by atoms with Crippen molar-refractivity contribution >= 4 is 38.2 Å². The van der Waals surface area contributed by atoms with Crippen molar-refractivity contribution in [3.05, 3.63) is 56.8 Å². The molecule has 0 atom stereocenters. The van der Waals surface area contributed by atoms with Gasteiger partial charge in [0.25, 0.3) is 0 Å². The lowest BCUT2D eigenvalue weighted by molar-refractivity contribution is 0.675. The number of rotatable bonds is 6. The van der Waals surface area contributed by atoms with Gasteiger partial charge >= 0.3 is 0 Å². The van der Waals surface area contributed by atoms with Gasteiger partial charge in [-0.25, -0.2) is 0 Å². The quantitative estimate of drug-likeness (QED) is 0.609. The van der Waals surface area contributed by atoms with Gasteiger partial charge in [-0.05, 0) is 52.0 Å². The van der Waals surface area contributed by atoms with Crippen LogP contribution in [0.2, 0.25) is 0 Å². The molecule has 0 aliphatic heterocycles. The highest BCUT2D eigenvalue weighted by molar-refractivity contribution is 9.10. The number of benzene rings is 1. The fourth-order valence-corrected chi connectivity index (χ4v) is 4.06. The molecule has 3 rings (SSSR count). The molecule has 4 heteroatoms. The predicted octanol–water partition coefficient (Wildman–Crippen LogP) is 5.01. The number of nitrogens with zero attached hydrogens (tertiary/aromatic N) is 1. The highest BCUT2D eigenvalue weighted by atomic mass is 79.9. The average Bonchev–Trinajstić information content (AvgIpc) is 3.05. The summed E-state index contributed by atoms with van der Waals surface area (Å²) in [5.41, 5.74) is 2.69. The highest BCUT2D eigenvalue weighted by Crippen LogP contribution is 2.27. The Kier molecular flexibility index (Phi) is 4.78. The van der Waals surface area contributed by atoms with Crippen LogP contribution in [0.4, 0.5) is 0 Å². The van der Waals surface area contributed by atoms with Crippen LogP contribution in [0.15, 0.2) is 46.4 Å². The van der Waals surface area contributed by atoms with E-state index in [1.807, 2.05) is 0 Å². The fourth-order valence-electron chi connectivity index (χ4n) is 2.59. The van der Waals surface area contributed by atoms with Gasteiger partial charge in [0.15, 0.2) is 0 Å². The molecule has 1 aromatic carbocycles. The number of para-hydroxylation sites is 1. The molecule has 1 N–H and O–H groups in total. The van der Waals surface area contributed by atoms with E-state index >= 15 is 0 Å². The van der Waals surface area contributed by atoms with E-state index in [1.165, 1.54) is 32.2 Å². The van der Waals surface area contributed by atoms with E-state index in [4.69, 9.17) is 0 Å². The van der Waals surface area contributed by atoms with Crippen molar-refractivity contribution < 1.29 is 0 Å². The molecule has 0 radical (unpaired) electrons. The van der Waals surface area contributed by atoms with E-state index in [0.29, 0.717) is 0 Å². The molecule has 2 heterocycles. The zero-order chi connectivity index (χ0) is 14.7. The van der Waals surface area contributed by atoms with E-state index < -0.39 is 0 Å². The van der Waals surface area contributed by atoms with Crippen LogP contribution in [-0.2, 0) is 13.1 Å². The van der Waals surface area contributed by atoms with E-state index in [9.17, 15) is 0 Å². The molecule has 0 aliphatic rings. The molecule has 0 amide bonds. The van der Waals surface area contributed by atoms with Crippen molar-refractivity contribution in [2.45, 2.75) is 26.4 Å². The number of fused-ring (bicyclic) bond motifs is 1. The van der Waals surface area contributed by atoms with Gasteiger partial charge < -0.3 is 9.88 Å². The Labute approximate surface area is 137 Å². The molecule has 0 spiro atoms. The Balaban J connectivity index is 1.93. The van der Waals surface area contributed by atoms with Gasteiger partial charge in [0, 0.05) is 33.0 Å². The number of aromatic nitrogens is 1. The van der Waals surface area contributed by atoms with Crippen LogP contribution in [-0.4, -0.2) is 11.1 Å². The zero-order valence-electron chi connectivity index (χ0n) is 12.1. The number of thiophene rings is 1. The van der Waals surface area contributed by atoms with Crippen molar-refractivity contribution in [3.8, 4) is 0 Å². The van der Waals surface area contributed by atoms with Crippen LogP contribution in [0, 0.1) is 0 Å². The molecule has 0 bridgehead atoms. The Morgan fingerprint density at radius 2 is 2.10 bits per heavy atom. The summed E-state index contributed by atoms with van der Waals surface area (Å²) in [6, 6.07) is 10.8. The fraction of sp³-hybridized carbons (Fsp3) is 0.294. The number of halogens is 1. The topological polar surface area (TPSA) is 17.0 Å². The lowest BCUT2D eigenvalue weighted by Gasteiger charge is -2.03. The first kappa shape index (κ1) is 14.8. The van der Waals surface area contributed by atoms with Crippen LogP contribution in [0.25, 0.3) is 10.9 Å². The first-order chi connectivity index (χ1) is 10.3. The average molecular weight is 363 g/mol. The summed E-state index contributed by atoms with van der Waals surface area (Å²) in [5.74, 6) is 0. The minimum absolute atomic E-state index is 0.923. The second-order valence-electron chi connectivity index (χ2n) is 5.17. The second-order valence-corrected chi connectivity index (χ2v) is 7.02. The van der Waals surface area contributed by atoms with E-state index in [0.717, 1.165) is 19.6 Å². The largest absolute Gasteiger partial charge is 0.342 e. The van der Waals surface area contributed by atoms with Gasteiger partial charge in [-0.2, -0.15) is 0 Å². The molecule has 3 aromatic rings. The zero-order valence-corrected chi connectivity index (χ0v) is 14.5. The minimum atomic E-state index is 0.923. The number of hydrogen-bond acceptors (Lipinski definition) is 2. The summed E-state index contributed by atoms with van der Waals surface area (Å²) in [4.78, 5) is 1.36. The Morgan fingerprint density at radius 1 is 1.24 bits per heavy atom. The maximum atomic E-state index is 3.63. The van der Waals surface area contributed by atoms with Gasteiger partial charge in [0.1, 0.15) is 0 Å². The molecule has 0 unspecified atom stereocenters. The molecule has 21 heavy (non-hydrogen) atoms. The maximum absolute atomic E-state index is 3.63. The summed E-state index contributed by atoms with van der Waals surface area (Å²) < 4.78 is 3.56. The molecular weight excluding hydrogens is 344 g/mol. The lowest BCUT2D eigenvalue weighted by atomic mass is 10.2. The third-order valence-electron chi connectivity index (χ3n) is 3.62. The Bertz CT molecular complexity index is 729. The molecule has 0 fully saturated rings. The monoisotopic (exact) mass is 362 g/mol. The first-order valence-corrected chi connectivity index (χ1v) is 8.96. The maximum Gasteiger partial charge on any atom is 0.0580 e. The van der Waals surface area contributed by atoms with Crippen LogP contribution in [0.3, 0.4) is 0 Å². The summed E-state index contributed by atoms with van der Waals surface area (Å²) >= 11 is 5.43. The smallest absolute Gasteiger partial charge is 0.0580 e. The van der Waals surface area contributed by atoms with E-state index in [2.05, 4.69) is 74.6 Å². The summed E-state index contributed by atoms with van der Waals surface area (Å²) in [6.07, 6.45) is 3.46. The van der Waals surface area contributed by atoms with Gasteiger partial charge in [0.05, 0.1) is 6.54 Å². The molecular formula is C17H19BrN2S. The molecule has 0 saturated heterocycles. The van der Waals surface area contributed by atoms with Gasteiger partial charge in [-0.3, -0.25) is 0 Å². The molecule has 2 nitrogen and oxygen atoms in total. The highest BCUT2D eigenvalue weighted by Gasteiger charge is 2.10. The van der Waals surface area contributed by atoms with Crippen molar-refractivity contribution in [2.24, 2.45) is 0 Å². The normalized spacial score (nSPS) is 11.3. The lowest BCUT2D eigenvalue weighted by Crippen LogP contribution is -2.13. The van der Waals surface area contributed by atoms with Crippen LogP contribution < -0.4 is 5.32 Å². The molecule has 2 aromatic heterocycles. The van der Waals surface area contributed by atoms with E-state index in [-0.39, 0.29) is 0 Å². The minimum Gasteiger partial charge on any atom is -0.342 e. The van der Waals surface area contributed by atoms with E-state index in [1.54, 1.807) is 11.3 Å². The first-order valence-electron chi connectivity index (χ1n) is 7.29. The van der Waals surface area contributed by atoms with Crippen LogP contribution >= 0.6 is 27.3 Å². The predicted molar refractivity (Wildman–Crippen MR) is 95.1 cm³/mol. The van der Waals surface area contributed by atoms with Crippen molar-refractivity contribution in [1.29, 1.82) is 0 Å². The number of nitrogens with one attached hydrogen (secondary N) is 1. The molecule has 0 saturated carbocycles. The van der Waals surface area contributed by atoms with Crippen molar-refractivity contribution in [2.75, 3.05) is 6.54 Å². The van der Waals surface area contributed by atoms with Gasteiger partial charge in [0.2, 0.25) is 0 Å².